The lowest BCUT2D eigenvalue weighted by molar-refractivity contribution is -0.113. The molecule has 2 aliphatic heterocycles. The predicted molar refractivity (Wildman–Crippen MR) is 169 cm³/mol. The maximum absolute atomic E-state index is 16.0. The summed E-state index contributed by atoms with van der Waals surface area (Å²) in [5.74, 6) is -2.38. The summed E-state index contributed by atoms with van der Waals surface area (Å²) < 4.78 is 45.2. The first kappa shape index (κ1) is 32.8. The first-order valence-electron chi connectivity index (χ1n) is 16.2. The lowest BCUT2D eigenvalue weighted by Gasteiger charge is -2.41. The molecule has 2 unspecified atom stereocenters. The van der Waals surface area contributed by atoms with Gasteiger partial charge in [0, 0.05) is 63.1 Å². The molecule has 0 aliphatic carbocycles. The molecule has 0 amide bonds. The van der Waals surface area contributed by atoms with Crippen LogP contribution in [0.2, 0.25) is 0 Å². The van der Waals surface area contributed by atoms with E-state index in [1.54, 1.807) is 11.8 Å². The van der Waals surface area contributed by atoms with E-state index < -0.39 is 28.6 Å². The fourth-order valence-electron chi connectivity index (χ4n) is 6.52. The lowest BCUT2D eigenvalue weighted by Crippen LogP contribution is -2.52. The van der Waals surface area contributed by atoms with Crippen LogP contribution < -0.4 is 15.1 Å². The first-order chi connectivity index (χ1) is 21.6. The molecule has 244 valence electrons. The average Bonchev–Trinajstić information content (AvgIpc) is 3.01. The fraction of sp³-hybridized carbons (Fsp3) is 0.559. The molecule has 1 N–H and O–H groups in total. The molecule has 1 saturated heterocycles. The SMILES string of the molecule is CCCCCCCCC1OCc2c(CN3CCN(c4c(F)cc5c(=O)c(C(=O)O)cn(CC)c5c4F)CC3C)cnc(C)c2O1. The number of unbranched alkanes of at least 4 members (excludes halogenated alkanes) is 5. The maximum atomic E-state index is 16.0. The number of carboxylic acid groups (broad SMARTS) is 1. The number of pyridine rings is 2. The van der Waals surface area contributed by atoms with E-state index in [-0.39, 0.29) is 35.5 Å². The van der Waals surface area contributed by atoms with Crippen molar-refractivity contribution in [2.45, 2.75) is 105 Å². The monoisotopic (exact) mass is 626 g/mol. The van der Waals surface area contributed by atoms with Crippen molar-refractivity contribution >= 4 is 22.6 Å². The van der Waals surface area contributed by atoms with Gasteiger partial charge in [-0.2, -0.15) is 0 Å². The number of anilines is 1. The fourth-order valence-corrected chi connectivity index (χ4v) is 6.52. The summed E-state index contributed by atoms with van der Waals surface area (Å²) in [5.41, 5.74) is 1.14. The van der Waals surface area contributed by atoms with Gasteiger partial charge in [0.25, 0.3) is 0 Å². The molecule has 11 heteroatoms. The number of piperazine rings is 1. The quantitative estimate of drug-likeness (QED) is 0.231. The van der Waals surface area contributed by atoms with Crippen LogP contribution in [0.4, 0.5) is 14.5 Å². The van der Waals surface area contributed by atoms with Gasteiger partial charge in [-0.15, -0.1) is 0 Å². The molecule has 2 aliphatic rings. The second kappa shape index (κ2) is 14.2. The largest absolute Gasteiger partial charge is 0.477 e. The minimum Gasteiger partial charge on any atom is -0.477 e. The number of benzene rings is 1. The molecule has 45 heavy (non-hydrogen) atoms. The molecule has 0 saturated carbocycles. The third kappa shape index (κ3) is 6.84. The van der Waals surface area contributed by atoms with Crippen molar-refractivity contribution in [1.82, 2.24) is 14.5 Å². The van der Waals surface area contributed by atoms with E-state index in [0.717, 1.165) is 47.7 Å². The third-order valence-corrected chi connectivity index (χ3v) is 9.12. The molecule has 2 aromatic heterocycles. The van der Waals surface area contributed by atoms with Gasteiger partial charge in [0.05, 0.1) is 23.2 Å². The minimum absolute atomic E-state index is 0.0566. The Kier molecular flexibility index (Phi) is 10.4. The Hall–Kier alpha value is -3.57. The average molecular weight is 627 g/mol. The molecule has 2 atom stereocenters. The van der Waals surface area contributed by atoms with Crippen LogP contribution in [0, 0.1) is 18.6 Å². The number of carboxylic acids is 1. The molecule has 3 aromatic rings. The second-order valence-corrected chi connectivity index (χ2v) is 12.2. The van der Waals surface area contributed by atoms with Crippen LogP contribution in [0.5, 0.6) is 5.75 Å². The van der Waals surface area contributed by atoms with E-state index in [4.69, 9.17) is 9.47 Å². The van der Waals surface area contributed by atoms with Gasteiger partial charge in [0.1, 0.15) is 22.8 Å². The van der Waals surface area contributed by atoms with Gasteiger partial charge in [0.2, 0.25) is 5.43 Å². The molecule has 1 fully saturated rings. The summed E-state index contributed by atoms with van der Waals surface area (Å²) in [6.45, 7) is 10.4. The Bertz CT molecular complexity index is 1610. The van der Waals surface area contributed by atoms with Crippen molar-refractivity contribution in [2.75, 3.05) is 24.5 Å². The number of halogens is 2. The number of aromatic carboxylic acids is 1. The Morgan fingerprint density at radius 2 is 1.89 bits per heavy atom. The van der Waals surface area contributed by atoms with Gasteiger partial charge in [-0.25, -0.2) is 13.6 Å². The number of fused-ring (bicyclic) bond motifs is 2. The number of aromatic nitrogens is 2. The molecule has 4 heterocycles. The minimum atomic E-state index is -1.44. The number of ether oxygens (including phenoxy) is 2. The molecular weight excluding hydrogens is 582 g/mol. The standard InChI is InChI=1S/C34H44F2N4O5/c1-5-7-8-9-10-11-12-28-44-20-26-23(16-37-22(4)33(26)45-28)18-39-13-14-40(17-21(39)3)31-27(35)15-24-30(29(31)36)38(6-2)19-25(32(24)41)34(42)43/h15-16,19,21,28H,5-14,17-18,20H2,1-4H3,(H,42,43). The highest BCUT2D eigenvalue weighted by molar-refractivity contribution is 5.93. The van der Waals surface area contributed by atoms with Crippen molar-refractivity contribution in [3.05, 3.63) is 62.7 Å². The highest BCUT2D eigenvalue weighted by Gasteiger charge is 2.32. The summed E-state index contributed by atoms with van der Waals surface area (Å²) in [6.07, 6.45) is 10.8. The first-order valence-corrected chi connectivity index (χ1v) is 16.2. The zero-order valence-electron chi connectivity index (χ0n) is 26.7. The molecule has 0 bridgehead atoms. The van der Waals surface area contributed by atoms with E-state index >= 15 is 8.78 Å². The van der Waals surface area contributed by atoms with Crippen molar-refractivity contribution < 1.29 is 28.2 Å². The third-order valence-electron chi connectivity index (χ3n) is 9.12. The summed E-state index contributed by atoms with van der Waals surface area (Å²) in [4.78, 5) is 32.9. The Morgan fingerprint density at radius 3 is 2.60 bits per heavy atom. The summed E-state index contributed by atoms with van der Waals surface area (Å²) in [7, 11) is 0. The molecular formula is C34H44F2N4O5. The van der Waals surface area contributed by atoms with Crippen molar-refractivity contribution in [3.63, 3.8) is 0 Å². The number of rotatable bonds is 12. The van der Waals surface area contributed by atoms with Crippen LogP contribution in [0.1, 0.15) is 92.9 Å². The number of aryl methyl sites for hydroxylation is 2. The predicted octanol–water partition coefficient (Wildman–Crippen LogP) is 6.40. The van der Waals surface area contributed by atoms with Crippen LogP contribution in [0.15, 0.2) is 23.3 Å². The second-order valence-electron chi connectivity index (χ2n) is 12.2. The lowest BCUT2D eigenvalue weighted by atomic mass is 10.0. The zero-order valence-corrected chi connectivity index (χ0v) is 26.7. The van der Waals surface area contributed by atoms with Crippen LogP contribution >= 0.6 is 0 Å². The van der Waals surface area contributed by atoms with Gasteiger partial charge in [0.15, 0.2) is 12.1 Å². The molecule has 0 spiro atoms. The molecule has 1 aromatic carbocycles. The summed E-state index contributed by atoms with van der Waals surface area (Å²) in [6, 6.07) is 0.911. The topological polar surface area (TPSA) is 97.1 Å². The molecule has 0 radical (unpaired) electrons. The maximum Gasteiger partial charge on any atom is 0.341 e. The van der Waals surface area contributed by atoms with E-state index in [1.165, 1.54) is 36.7 Å². The molecule has 5 rings (SSSR count). The number of hydrogen-bond donors (Lipinski definition) is 1. The van der Waals surface area contributed by atoms with Crippen LogP contribution in [-0.2, 0) is 24.4 Å². The van der Waals surface area contributed by atoms with Gasteiger partial charge in [-0.05, 0) is 38.8 Å². The number of hydrogen-bond acceptors (Lipinski definition) is 7. The van der Waals surface area contributed by atoms with Crippen LogP contribution in [0.3, 0.4) is 0 Å². The van der Waals surface area contributed by atoms with Crippen LogP contribution in [0.25, 0.3) is 10.9 Å². The number of carbonyl (C=O) groups is 1. The molecule has 9 nitrogen and oxygen atoms in total. The summed E-state index contributed by atoms with van der Waals surface area (Å²) in [5, 5.41) is 9.14. The van der Waals surface area contributed by atoms with E-state index in [9.17, 15) is 14.7 Å². The van der Waals surface area contributed by atoms with E-state index in [1.807, 2.05) is 20.0 Å². The van der Waals surface area contributed by atoms with Gasteiger partial charge in [-0.1, -0.05) is 39.0 Å². The number of nitrogens with zero attached hydrogens (tertiary/aromatic N) is 4. The summed E-state index contributed by atoms with van der Waals surface area (Å²) >= 11 is 0. The van der Waals surface area contributed by atoms with Gasteiger partial charge in [-0.3, -0.25) is 14.7 Å². The van der Waals surface area contributed by atoms with Gasteiger partial charge < -0.3 is 24.0 Å². The van der Waals surface area contributed by atoms with E-state index in [2.05, 4.69) is 16.8 Å². The van der Waals surface area contributed by atoms with Crippen molar-refractivity contribution in [1.29, 1.82) is 0 Å². The van der Waals surface area contributed by atoms with Crippen molar-refractivity contribution in [3.8, 4) is 5.75 Å². The highest BCUT2D eigenvalue weighted by Crippen LogP contribution is 2.35. The Morgan fingerprint density at radius 1 is 1.13 bits per heavy atom. The van der Waals surface area contributed by atoms with Crippen LogP contribution in [-0.4, -0.2) is 57.5 Å². The Labute approximate surface area is 262 Å². The Balaban J connectivity index is 1.29. The smallest absolute Gasteiger partial charge is 0.341 e. The zero-order chi connectivity index (χ0) is 32.2. The normalized spacial score (nSPS) is 18.7. The van der Waals surface area contributed by atoms with Crippen molar-refractivity contribution in [2.24, 2.45) is 0 Å². The highest BCUT2D eigenvalue weighted by atomic mass is 19.1. The van der Waals surface area contributed by atoms with Gasteiger partial charge >= 0.3 is 5.97 Å². The van der Waals surface area contributed by atoms with E-state index in [0.29, 0.717) is 32.8 Å².